The van der Waals surface area contributed by atoms with Gasteiger partial charge in [-0.25, -0.2) is 0 Å². The summed E-state index contributed by atoms with van der Waals surface area (Å²) in [4.78, 5) is 0. The van der Waals surface area contributed by atoms with Gasteiger partial charge in [0.15, 0.2) is 11.5 Å². The third-order valence-corrected chi connectivity index (χ3v) is 4.04. The smallest absolute Gasteiger partial charge is 0.231 e. The molecule has 0 bridgehead atoms. The second kappa shape index (κ2) is 5.80. The zero-order valence-corrected chi connectivity index (χ0v) is 11.1. The molecule has 2 aliphatic rings. The van der Waals surface area contributed by atoms with E-state index in [1.54, 1.807) is 0 Å². The Morgan fingerprint density at radius 2 is 2.00 bits per heavy atom. The SMILES string of the molecule is NCC1CCCCC1OCc1ccc2c(c1)OCO2. The van der Waals surface area contributed by atoms with Crippen molar-refractivity contribution in [3.8, 4) is 11.5 Å². The number of nitrogens with two attached hydrogens (primary N) is 1. The molecule has 0 aromatic heterocycles. The van der Waals surface area contributed by atoms with Crippen LogP contribution in [0.5, 0.6) is 11.5 Å². The molecule has 104 valence electrons. The van der Waals surface area contributed by atoms with Crippen molar-refractivity contribution in [2.45, 2.75) is 38.4 Å². The van der Waals surface area contributed by atoms with E-state index in [2.05, 4.69) is 0 Å². The third kappa shape index (κ3) is 2.85. The molecular formula is C15H21NO3. The van der Waals surface area contributed by atoms with Crippen LogP contribution in [0.1, 0.15) is 31.2 Å². The number of hydrogen-bond acceptors (Lipinski definition) is 4. The molecule has 1 aromatic carbocycles. The Morgan fingerprint density at radius 1 is 1.16 bits per heavy atom. The van der Waals surface area contributed by atoms with Gasteiger partial charge in [0.1, 0.15) is 0 Å². The molecule has 4 nitrogen and oxygen atoms in total. The molecule has 1 aromatic rings. The molecule has 0 spiro atoms. The lowest BCUT2D eigenvalue weighted by atomic mass is 9.86. The van der Waals surface area contributed by atoms with Gasteiger partial charge >= 0.3 is 0 Å². The lowest BCUT2D eigenvalue weighted by molar-refractivity contribution is -0.0183. The van der Waals surface area contributed by atoms with Crippen LogP contribution in [-0.2, 0) is 11.3 Å². The van der Waals surface area contributed by atoms with Crippen molar-refractivity contribution >= 4 is 0 Å². The zero-order valence-electron chi connectivity index (χ0n) is 11.1. The summed E-state index contributed by atoms with van der Waals surface area (Å²) >= 11 is 0. The lowest BCUT2D eigenvalue weighted by Crippen LogP contribution is -2.33. The van der Waals surface area contributed by atoms with Gasteiger partial charge in [0.2, 0.25) is 6.79 Å². The highest BCUT2D eigenvalue weighted by Crippen LogP contribution is 2.33. The molecular weight excluding hydrogens is 242 g/mol. The van der Waals surface area contributed by atoms with Crippen LogP contribution in [0.2, 0.25) is 0 Å². The number of rotatable bonds is 4. The Morgan fingerprint density at radius 3 is 2.89 bits per heavy atom. The van der Waals surface area contributed by atoms with E-state index in [1.807, 2.05) is 18.2 Å². The van der Waals surface area contributed by atoms with E-state index in [1.165, 1.54) is 19.3 Å². The van der Waals surface area contributed by atoms with E-state index in [0.717, 1.165) is 30.0 Å². The summed E-state index contributed by atoms with van der Waals surface area (Å²) in [7, 11) is 0. The summed E-state index contributed by atoms with van der Waals surface area (Å²) < 4.78 is 16.7. The van der Waals surface area contributed by atoms with Crippen molar-refractivity contribution in [3.63, 3.8) is 0 Å². The van der Waals surface area contributed by atoms with Gasteiger partial charge in [-0.15, -0.1) is 0 Å². The number of ether oxygens (including phenoxy) is 3. The van der Waals surface area contributed by atoms with Gasteiger partial charge in [-0.3, -0.25) is 0 Å². The van der Waals surface area contributed by atoms with Crippen molar-refractivity contribution in [1.82, 2.24) is 0 Å². The van der Waals surface area contributed by atoms with Crippen LogP contribution in [0.15, 0.2) is 18.2 Å². The molecule has 4 heteroatoms. The van der Waals surface area contributed by atoms with Crippen molar-refractivity contribution < 1.29 is 14.2 Å². The summed E-state index contributed by atoms with van der Waals surface area (Å²) in [6.07, 6.45) is 5.17. The fraction of sp³-hybridized carbons (Fsp3) is 0.600. The molecule has 0 saturated heterocycles. The topological polar surface area (TPSA) is 53.7 Å². The Balaban J connectivity index is 1.59. The van der Waals surface area contributed by atoms with Gasteiger partial charge in [-0.1, -0.05) is 18.9 Å². The van der Waals surface area contributed by atoms with Crippen LogP contribution < -0.4 is 15.2 Å². The highest BCUT2D eigenvalue weighted by atomic mass is 16.7. The predicted octanol–water partition coefficient (Wildman–Crippen LogP) is 2.45. The quantitative estimate of drug-likeness (QED) is 0.906. The Bertz CT molecular complexity index is 435. The third-order valence-electron chi connectivity index (χ3n) is 4.04. The standard InChI is InChI=1S/C15H21NO3/c16-8-12-3-1-2-4-13(12)17-9-11-5-6-14-15(7-11)19-10-18-14/h5-7,12-13H,1-4,8-10,16H2. The van der Waals surface area contributed by atoms with E-state index in [9.17, 15) is 0 Å². The van der Waals surface area contributed by atoms with Crippen molar-refractivity contribution in [2.75, 3.05) is 13.3 Å². The van der Waals surface area contributed by atoms with E-state index in [0.29, 0.717) is 25.4 Å². The maximum atomic E-state index is 6.06. The molecule has 2 atom stereocenters. The predicted molar refractivity (Wildman–Crippen MR) is 72.2 cm³/mol. The number of hydrogen-bond donors (Lipinski definition) is 1. The fourth-order valence-electron chi connectivity index (χ4n) is 2.90. The zero-order chi connectivity index (χ0) is 13.1. The fourth-order valence-corrected chi connectivity index (χ4v) is 2.90. The van der Waals surface area contributed by atoms with E-state index >= 15 is 0 Å². The largest absolute Gasteiger partial charge is 0.454 e. The maximum Gasteiger partial charge on any atom is 0.231 e. The van der Waals surface area contributed by atoms with E-state index in [-0.39, 0.29) is 0 Å². The van der Waals surface area contributed by atoms with Crippen LogP contribution in [-0.4, -0.2) is 19.4 Å². The Labute approximate surface area is 113 Å². The molecule has 2 N–H and O–H groups in total. The van der Waals surface area contributed by atoms with Crippen LogP contribution in [0, 0.1) is 5.92 Å². The minimum Gasteiger partial charge on any atom is -0.454 e. The summed E-state index contributed by atoms with van der Waals surface area (Å²) in [5, 5.41) is 0. The normalized spacial score (nSPS) is 25.5. The minimum absolute atomic E-state index is 0.309. The van der Waals surface area contributed by atoms with Crippen LogP contribution in [0.25, 0.3) is 0 Å². The Kier molecular flexibility index (Phi) is 3.89. The second-order valence-corrected chi connectivity index (χ2v) is 5.32. The van der Waals surface area contributed by atoms with E-state index in [4.69, 9.17) is 19.9 Å². The molecule has 0 radical (unpaired) electrons. The summed E-state index contributed by atoms with van der Waals surface area (Å²) in [5.74, 6) is 2.16. The first-order valence-electron chi connectivity index (χ1n) is 7.07. The van der Waals surface area contributed by atoms with Gasteiger partial charge in [0.05, 0.1) is 12.7 Å². The maximum absolute atomic E-state index is 6.06. The lowest BCUT2D eigenvalue weighted by Gasteiger charge is -2.30. The van der Waals surface area contributed by atoms with Crippen molar-refractivity contribution in [3.05, 3.63) is 23.8 Å². The van der Waals surface area contributed by atoms with Crippen LogP contribution >= 0.6 is 0 Å². The Hall–Kier alpha value is -1.26. The molecule has 19 heavy (non-hydrogen) atoms. The minimum atomic E-state index is 0.309. The van der Waals surface area contributed by atoms with E-state index < -0.39 is 0 Å². The van der Waals surface area contributed by atoms with Crippen LogP contribution in [0.3, 0.4) is 0 Å². The highest BCUT2D eigenvalue weighted by molar-refractivity contribution is 5.44. The molecule has 1 aliphatic carbocycles. The van der Waals surface area contributed by atoms with Crippen molar-refractivity contribution in [2.24, 2.45) is 11.7 Å². The number of fused-ring (bicyclic) bond motifs is 1. The highest BCUT2D eigenvalue weighted by Gasteiger charge is 2.24. The van der Waals surface area contributed by atoms with Gasteiger partial charge in [-0.2, -0.15) is 0 Å². The van der Waals surface area contributed by atoms with Gasteiger partial charge < -0.3 is 19.9 Å². The molecule has 1 fully saturated rings. The average Bonchev–Trinajstić information content (AvgIpc) is 2.93. The summed E-state index contributed by atoms with van der Waals surface area (Å²) in [5.41, 5.74) is 6.95. The summed E-state index contributed by atoms with van der Waals surface area (Å²) in [6.45, 7) is 1.67. The summed E-state index contributed by atoms with van der Waals surface area (Å²) in [6, 6.07) is 5.98. The number of benzene rings is 1. The molecule has 1 aliphatic heterocycles. The van der Waals surface area contributed by atoms with Crippen molar-refractivity contribution in [1.29, 1.82) is 0 Å². The average molecular weight is 263 g/mol. The molecule has 3 rings (SSSR count). The first-order chi connectivity index (χ1) is 9.36. The second-order valence-electron chi connectivity index (χ2n) is 5.32. The first kappa shape index (κ1) is 12.8. The van der Waals surface area contributed by atoms with Gasteiger partial charge in [0, 0.05) is 0 Å². The molecule has 0 amide bonds. The van der Waals surface area contributed by atoms with Crippen LogP contribution in [0.4, 0.5) is 0 Å². The molecule has 1 saturated carbocycles. The van der Waals surface area contributed by atoms with Gasteiger partial charge in [-0.05, 0) is 43.0 Å². The molecule has 2 unspecified atom stereocenters. The molecule has 1 heterocycles. The first-order valence-corrected chi connectivity index (χ1v) is 7.07. The van der Waals surface area contributed by atoms with Gasteiger partial charge in [0.25, 0.3) is 0 Å². The monoisotopic (exact) mass is 263 g/mol.